The second kappa shape index (κ2) is 7.09. The van der Waals surface area contributed by atoms with Gasteiger partial charge in [-0.15, -0.1) is 0 Å². The van der Waals surface area contributed by atoms with Crippen LogP contribution < -0.4 is 10.6 Å². The molecule has 0 aromatic heterocycles. The van der Waals surface area contributed by atoms with Gasteiger partial charge in [-0.2, -0.15) is 0 Å². The van der Waals surface area contributed by atoms with Crippen molar-refractivity contribution in [2.45, 2.75) is 0 Å². The zero-order valence-corrected chi connectivity index (χ0v) is 13.6. The van der Waals surface area contributed by atoms with Crippen LogP contribution in [0, 0.1) is 0 Å². The number of nitrogens with one attached hydrogen (secondary N) is 2. The highest BCUT2D eigenvalue weighted by molar-refractivity contribution is 7.80. The maximum atomic E-state index is 11.9. The van der Waals surface area contributed by atoms with Crippen LogP contribution in [-0.4, -0.2) is 11.0 Å². The summed E-state index contributed by atoms with van der Waals surface area (Å²) < 4.78 is 0. The number of benzene rings is 2. The number of carbonyl (C=O) groups is 1. The Morgan fingerprint density at radius 3 is 2.14 bits per heavy atom. The first kappa shape index (κ1) is 16.0. The molecule has 3 nitrogen and oxygen atoms in total. The summed E-state index contributed by atoms with van der Waals surface area (Å²) >= 11 is 23.0. The number of anilines is 1. The Kier molecular flexibility index (Phi) is 5.42. The molecule has 0 fully saturated rings. The van der Waals surface area contributed by atoms with Crippen LogP contribution in [0.4, 0.5) is 5.69 Å². The van der Waals surface area contributed by atoms with Crippen molar-refractivity contribution in [3.63, 3.8) is 0 Å². The molecule has 2 rings (SSSR count). The van der Waals surface area contributed by atoms with E-state index in [-0.39, 0.29) is 11.0 Å². The number of rotatable bonds is 2. The Hall–Kier alpha value is -1.33. The zero-order valence-electron chi connectivity index (χ0n) is 10.5. The van der Waals surface area contributed by atoms with E-state index in [1.807, 2.05) is 6.07 Å². The van der Waals surface area contributed by atoms with Crippen LogP contribution >= 0.6 is 47.0 Å². The highest BCUT2D eigenvalue weighted by Gasteiger charge is 2.12. The average Bonchev–Trinajstić information content (AvgIpc) is 2.43. The van der Waals surface area contributed by atoms with Gasteiger partial charge >= 0.3 is 0 Å². The van der Waals surface area contributed by atoms with Gasteiger partial charge in [0.25, 0.3) is 5.91 Å². The Balaban J connectivity index is 2.08. The Morgan fingerprint density at radius 2 is 1.57 bits per heavy atom. The van der Waals surface area contributed by atoms with E-state index in [2.05, 4.69) is 10.6 Å². The number of hydrogen-bond acceptors (Lipinski definition) is 2. The predicted molar refractivity (Wildman–Crippen MR) is 91.6 cm³/mol. The summed E-state index contributed by atoms with van der Waals surface area (Å²) in [5.41, 5.74) is 0.885. The molecule has 21 heavy (non-hydrogen) atoms. The van der Waals surface area contributed by atoms with Crippen molar-refractivity contribution in [2.75, 3.05) is 5.32 Å². The van der Waals surface area contributed by atoms with Crippen molar-refractivity contribution in [3.05, 3.63) is 63.1 Å². The van der Waals surface area contributed by atoms with Crippen LogP contribution in [0.5, 0.6) is 0 Å². The van der Waals surface area contributed by atoms with Gasteiger partial charge in [0.2, 0.25) is 0 Å². The van der Waals surface area contributed by atoms with Crippen molar-refractivity contribution in [3.8, 4) is 0 Å². The molecule has 0 saturated heterocycles. The van der Waals surface area contributed by atoms with Gasteiger partial charge in [0.15, 0.2) is 5.11 Å². The van der Waals surface area contributed by atoms with E-state index < -0.39 is 0 Å². The molecule has 0 aliphatic rings. The first-order valence-corrected chi connectivity index (χ1v) is 7.33. The summed E-state index contributed by atoms with van der Waals surface area (Å²) in [6, 6.07) is 11.8. The van der Waals surface area contributed by atoms with E-state index >= 15 is 0 Å². The lowest BCUT2D eigenvalue weighted by Gasteiger charge is -2.12. The van der Waals surface area contributed by atoms with Crippen LogP contribution in [0.3, 0.4) is 0 Å². The van der Waals surface area contributed by atoms with E-state index in [1.165, 1.54) is 12.1 Å². The van der Waals surface area contributed by atoms with Crippen LogP contribution in [0.15, 0.2) is 42.5 Å². The Morgan fingerprint density at radius 1 is 1.00 bits per heavy atom. The molecule has 0 heterocycles. The maximum absolute atomic E-state index is 11.9. The molecule has 7 heteroatoms. The van der Waals surface area contributed by atoms with E-state index in [4.69, 9.17) is 47.0 Å². The van der Waals surface area contributed by atoms with Crippen LogP contribution in [-0.2, 0) is 0 Å². The Labute approximate surface area is 142 Å². The van der Waals surface area contributed by atoms with Gasteiger partial charge in [-0.1, -0.05) is 53.0 Å². The highest BCUT2D eigenvalue weighted by atomic mass is 35.5. The molecule has 0 aliphatic heterocycles. The molecule has 0 unspecified atom stereocenters. The minimum absolute atomic E-state index is 0.0926. The summed E-state index contributed by atoms with van der Waals surface area (Å²) in [6.07, 6.45) is 0. The predicted octanol–water partition coefficient (Wildman–Crippen LogP) is 4.77. The van der Waals surface area contributed by atoms with Crippen molar-refractivity contribution >= 4 is 63.7 Å². The summed E-state index contributed by atoms with van der Waals surface area (Å²) in [6.45, 7) is 0. The van der Waals surface area contributed by atoms with E-state index in [1.54, 1.807) is 24.3 Å². The van der Waals surface area contributed by atoms with Crippen molar-refractivity contribution < 1.29 is 4.79 Å². The number of carbonyl (C=O) groups excluding carboxylic acids is 1. The molecule has 2 aromatic carbocycles. The Bertz CT molecular complexity index is 669. The standard InChI is InChI=1S/C14H9Cl3N2OS/c15-9-6-10(16)12(11(17)7-9)18-14(21)19-13(20)8-4-2-1-3-5-8/h1-7H,(H2,18,19,20,21). The van der Waals surface area contributed by atoms with Gasteiger partial charge < -0.3 is 5.32 Å². The van der Waals surface area contributed by atoms with Crippen molar-refractivity contribution in [1.29, 1.82) is 0 Å². The number of amides is 1. The molecule has 0 atom stereocenters. The maximum Gasteiger partial charge on any atom is 0.257 e. The summed E-state index contributed by atoms with van der Waals surface area (Å²) in [5.74, 6) is -0.325. The van der Waals surface area contributed by atoms with Gasteiger partial charge in [0.05, 0.1) is 15.7 Å². The lowest BCUT2D eigenvalue weighted by molar-refractivity contribution is 0.0978. The second-order valence-electron chi connectivity index (χ2n) is 4.02. The monoisotopic (exact) mass is 358 g/mol. The van der Waals surface area contributed by atoms with Crippen LogP contribution in [0.25, 0.3) is 0 Å². The fourth-order valence-electron chi connectivity index (χ4n) is 1.57. The molecule has 2 N–H and O–H groups in total. The number of halogens is 3. The lowest BCUT2D eigenvalue weighted by atomic mass is 10.2. The van der Waals surface area contributed by atoms with Gasteiger partial charge in [-0.05, 0) is 36.5 Å². The van der Waals surface area contributed by atoms with Crippen LogP contribution in [0.2, 0.25) is 15.1 Å². The SMILES string of the molecule is O=C(NC(=S)Nc1c(Cl)cc(Cl)cc1Cl)c1ccccc1. The third-order valence-corrected chi connectivity index (χ3v) is 3.53. The first-order chi connectivity index (χ1) is 9.97. The molecule has 0 bridgehead atoms. The molecule has 1 amide bonds. The molecule has 2 aromatic rings. The lowest BCUT2D eigenvalue weighted by Crippen LogP contribution is -2.34. The topological polar surface area (TPSA) is 41.1 Å². The van der Waals surface area contributed by atoms with E-state index in [0.717, 1.165) is 0 Å². The minimum Gasteiger partial charge on any atom is -0.330 e. The van der Waals surface area contributed by atoms with Gasteiger partial charge in [0.1, 0.15) is 0 Å². The molecule has 0 spiro atoms. The van der Waals surface area contributed by atoms with Crippen molar-refractivity contribution in [1.82, 2.24) is 5.32 Å². The molecular weight excluding hydrogens is 351 g/mol. The average molecular weight is 360 g/mol. The quantitative estimate of drug-likeness (QED) is 0.759. The van der Waals surface area contributed by atoms with Gasteiger partial charge in [-0.25, -0.2) is 0 Å². The number of hydrogen-bond donors (Lipinski definition) is 2. The molecule has 0 aliphatic carbocycles. The fourth-order valence-corrected chi connectivity index (χ4v) is 2.68. The molecule has 0 radical (unpaired) electrons. The van der Waals surface area contributed by atoms with Gasteiger partial charge in [0, 0.05) is 10.6 Å². The third-order valence-electron chi connectivity index (χ3n) is 2.51. The van der Waals surface area contributed by atoms with Crippen LogP contribution in [0.1, 0.15) is 10.4 Å². The molecule has 108 valence electrons. The molecular formula is C14H9Cl3N2OS. The fraction of sp³-hybridized carbons (Fsp3) is 0. The minimum atomic E-state index is -0.325. The third kappa shape index (κ3) is 4.32. The zero-order chi connectivity index (χ0) is 15.4. The van der Waals surface area contributed by atoms with Gasteiger partial charge in [-0.3, -0.25) is 10.1 Å². The van der Waals surface area contributed by atoms with E-state index in [0.29, 0.717) is 26.3 Å². The smallest absolute Gasteiger partial charge is 0.257 e. The van der Waals surface area contributed by atoms with E-state index in [9.17, 15) is 4.79 Å². The summed E-state index contributed by atoms with van der Waals surface area (Å²) in [5, 5.41) is 6.45. The van der Waals surface area contributed by atoms with Crippen molar-refractivity contribution in [2.24, 2.45) is 0 Å². The second-order valence-corrected chi connectivity index (χ2v) is 5.68. The largest absolute Gasteiger partial charge is 0.330 e. The number of thiocarbonyl (C=S) groups is 1. The summed E-state index contributed by atoms with van der Waals surface area (Å²) in [4.78, 5) is 11.9. The highest BCUT2D eigenvalue weighted by Crippen LogP contribution is 2.33. The summed E-state index contributed by atoms with van der Waals surface area (Å²) in [7, 11) is 0. The normalized spacial score (nSPS) is 10.0. The first-order valence-electron chi connectivity index (χ1n) is 5.79. The molecule has 0 saturated carbocycles.